The number of hydrogen-bond donors (Lipinski definition) is 5. The van der Waals surface area contributed by atoms with Crippen LogP contribution in [0.3, 0.4) is 0 Å². The van der Waals surface area contributed by atoms with E-state index in [1.54, 1.807) is 12.1 Å². The molecule has 9 nitrogen and oxygen atoms in total. The van der Waals surface area contributed by atoms with Gasteiger partial charge in [0.25, 0.3) is 5.91 Å². The molecule has 1 saturated heterocycles. The highest BCUT2D eigenvalue weighted by molar-refractivity contribution is 6.05. The summed E-state index contributed by atoms with van der Waals surface area (Å²) in [4.78, 5) is 40.3. The molecule has 0 spiro atoms. The third-order valence-corrected chi connectivity index (χ3v) is 10.7. The lowest BCUT2D eigenvalue weighted by Crippen LogP contribution is -2.49. The number of aryl methyl sites for hydroxylation is 1. The lowest BCUT2D eigenvalue weighted by Gasteiger charge is -2.41. The number of aromatic amines is 1. The van der Waals surface area contributed by atoms with Crippen molar-refractivity contribution in [1.29, 1.82) is 0 Å². The molecule has 3 aromatic carbocycles. The normalized spacial score (nSPS) is 23.1. The van der Waals surface area contributed by atoms with E-state index in [-0.39, 0.29) is 11.7 Å². The quantitative estimate of drug-likeness (QED) is 0.154. The van der Waals surface area contributed by atoms with Gasteiger partial charge in [0.1, 0.15) is 11.9 Å². The van der Waals surface area contributed by atoms with Gasteiger partial charge in [0.15, 0.2) is 0 Å². The summed E-state index contributed by atoms with van der Waals surface area (Å²) in [7, 11) is 4.25. The van der Waals surface area contributed by atoms with Crippen LogP contribution < -0.4 is 10.6 Å². The zero-order valence-corrected chi connectivity index (χ0v) is 28.0. The van der Waals surface area contributed by atoms with Gasteiger partial charge < -0.3 is 30.7 Å². The van der Waals surface area contributed by atoms with Crippen molar-refractivity contribution in [2.45, 2.75) is 63.5 Å². The number of nitrogens with zero attached hydrogens (tertiary/aromatic N) is 1. The van der Waals surface area contributed by atoms with E-state index in [9.17, 15) is 23.9 Å². The minimum Gasteiger partial charge on any atom is -0.480 e. The first-order valence-electron chi connectivity index (χ1n) is 17.2. The highest BCUT2D eigenvalue weighted by Crippen LogP contribution is 2.40. The number of halogens is 1. The van der Waals surface area contributed by atoms with Gasteiger partial charge in [0, 0.05) is 33.9 Å². The first-order valence-corrected chi connectivity index (χ1v) is 17.2. The number of hydrogen-bond acceptors (Lipinski definition) is 5. The molecule has 10 heteroatoms. The Bertz CT molecular complexity index is 1800. The first kappa shape index (κ1) is 34.3. The molecular weight excluding hydrogens is 623 g/mol. The molecule has 2 aliphatic carbocycles. The van der Waals surface area contributed by atoms with Crippen molar-refractivity contribution in [1.82, 2.24) is 15.2 Å². The zero-order valence-electron chi connectivity index (χ0n) is 28.0. The number of amides is 1. The van der Waals surface area contributed by atoms with Crippen LogP contribution in [0, 0.1) is 23.6 Å². The number of aromatic nitrogens is 1. The molecule has 7 rings (SSSR count). The van der Waals surface area contributed by atoms with Crippen molar-refractivity contribution in [3.05, 3.63) is 100 Å². The minimum atomic E-state index is -0.897. The first-order chi connectivity index (χ1) is 23.5. The number of carboxylic acid groups (broad SMARTS) is 2. The van der Waals surface area contributed by atoms with E-state index >= 15 is 0 Å². The summed E-state index contributed by atoms with van der Waals surface area (Å²) in [5, 5.41) is 25.4. The lowest BCUT2D eigenvalue weighted by atomic mass is 9.68. The van der Waals surface area contributed by atoms with Crippen molar-refractivity contribution in [3.8, 4) is 0 Å². The molecule has 1 aromatic heterocycles. The molecule has 0 unspecified atom stereocenters. The van der Waals surface area contributed by atoms with Gasteiger partial charge >= 0.3 is 11.9 Å². The highest BCUT2D eigenvalue weighted by atomic mass is 19.1. The molecule has 5 N–H and O–H groups in total. The van der Waals surface area contributed by atoms with Gasteiger partial charge in [-0.1, -0.05) is 12.1 Å². The number of nitrogens with one attached hydrogen (secondary N) is 3. The van der Waals surface area contributed by atoms with E-state index in [0.717, 1.165) is 62.7 Å². The van der Waals surface area contributed by atoms with E-state index in [2.05, 4.69) is 34.6 Å². The molecule has 2 heterocycles. The van der Waals surface area contributed by atoms with Crippen LogP contribution in [0.1, 0.15) is 69.6 Å². The SMILES string of the molecule is CN(C)[C@@H]1CCc2[nH]c3ccc(NC(=O)c4ccc(F)cc4)cc3c2C1.O=C(O)c1ccc(C[C@H]2CC[C@H]3CN[C@H](C(=O)O)C[C@H]3C2)cc1. The maximum absolute atomic E-state index is 13.0. The fraction of sp³-hybridized carbons (Fsp3) is 0.410. The molecule has 1 amide bonds. The second-order valence-corrected chi connectivity index (χ2v) is 14.1. The number of likely N-dealkylation sites (N-methyl/N-ethyl adjacent to an activating group) is 1. The van der Waals surface area contributed by atoms with Crippen LogP contribution >= 0.6 is 0 Å². The summed E-state index contributed by atoms with van der Waals surface area (Å²) in [6.45, 7) is 0.821. The number of aromatic carboxylic acids is 1. The van der Waals surface area contributed by atoms with E-state index in [1.165, 1.54) is 52.9 Å². The molecule has 258 valence electrons. The van der Waals surface area contributed by atoms with E-state index in [0.29, 0.717) is 34.9 Å². The molecule has 0 radical (unpaired) electrons. The van der Waals surface area contributed by atoms with Crippen LogP contribution in [0.2, 0.25) is 0 Å². The summed E-state index contributed by atoms with van der Waals surface area (Å²) in [6.07, 6.45) is 8.30. The number of rotatable bonds is 7. The Kier molecular flexibility index (Phi) is 10.5. The van der Waals surface area contributed by atoms with E-state index < -0.39 is 18.0 Å². The minimum absolute atomic E-state index is 0.236. The van der Waals surface area contributed by atoms with Crippen molar-refractivity contribution < 1.29 is 29.0 Å². The monoisotopic (exact) mass is 668 g/mol. The summed E-state index contributed by atoms with van der Waals surface area (Å²) in [6, 6.07) is 18.8. The summed E-state index contributed by atoms with van der Waals surface area (Å²) in [5.41, 5.74) is 6.44. The molecule has 0 bridgehead atoms. The number of benzene rings is 3. The molecule has 3 aliphatic rings. The van der Waals surface area contributed by atoms with Gasteiger partial charge in [-0.25, -0.2) is 9.18 Å². The van der Waals surface area contributed by atoms with Crippen LogP contribution in [0.5, 0.6) is 0 Å². The van der Waals surface area contributed by atoms with Crippen molar-refractivity contribution in [2.24, 2.45) is 17.8 Å². The van der Waals surface area contributed by atoms with Gasteiger partial charge in [-0.3, -0.25) is 9.59 Å². The number of fused-ring (bicyclic) bond motifs is 4. The van der Waals surface area contributed by atoms with Crippen molar-refractivity contribution >= 4 is 34.4 Å². The van der Waals surface area contributed by atoms with Gasteiger partial charge in [0.05, 0.1) is 5.56 Å². The smallest absolute Gasteiger partial charge is 0.335 e. The van der Waals surface area contributed by atoms with Crippen LogP contribution in [0.4, 0.5) is 10.1 Å². The van der Waals surface area contributed by atoms with Crippen LogP contribution in [0.15, 0.2) is 66.7 Å². The number of anilines is 1. The Balaban J connectivity index is 0.000000171. The Morgan fingerprint density at radius 2 is 1.63 bits per heavy atom. The van der Waals surface area contributed by atoms with E-state index in [1.807, 2.05) is 30.3 Å². The Morgan fingerprint density at radius 1 is 0.898 bits per heavy atom. The van der Waals surface area contributed by atoms with Crippen molar-refractivity contribution in [3.63, 3.8) is 0 Å². The number of aliphatic carboxylic acids is 1. The standard InChI is InChI=1S/C21H22FN3O.C18H23NO4/c1-25(2)16-8-10-20-18(12-16)17-11-15(7-9-19(17)24-20)23-21(26)13-3-5-14(22)6-4-13;20-17(21)13-4-1-11(2-5-13)7-12-3-6-14-10-19-16(18(22)23)9-15(14)8-12/h3-7,9,11,16,24H,8,10,12H2,1-2H3,(H,23,26);1-2,4-5,12,14-16,19H,3,6-10H2,(H,20,21)(H,22,23)/t16-;12-,14+,15-,16+/m11/s1. The van der Waals surface area contributed by atoms with E-state index in [4.69, 9.17) is 5.11 Å². The second-order valence-electron chi connectivity index (χ2n) is 14.1. The third kappa shape index (κ3) is 8.20. The molecule has 1 saturated carbocycles. The number of carbonyl (C=O) groups is 3. The van der Waals surface area contributed by atoms with Gasteiger partial charge in [-0.05, 0) is 155 Å². The highest BCUT2D eigenvalue weighted by Gasteiger charge is 2.37. The van der Waals surface area contributed by atoms with Gasteiger partial charge in [-0.2, -0.15) is 0 Å². The second kappa shape index (κ2) is 14.9. The lowest BCUT2D eigenvalue weighted by molar-refractivity contribution is -0.141. The molecule has 49 heavy (non-hydrogen) atoms. The number of carboxylic acids is 2. The molecule has 5 atom stereocenters. The zero-order chi connectivity index (χ0) is 34.7. The Hall–Kier alpha value is -4.54. The van der Waals surface area contributed by atoms with Crippen molar-refractivity contribution in [2.75, 3.05) is 26.0 Å². The maximum Gasteiger partial charge on any atom is 0.335 e. The average molecular weight is 669 g/mol. The fourth-order valence-electron chi connectivity index (χ4n) is 7.87. The molecule has 4 aromatic rings. The summed E-state index contributed by atoms with van der Waals surface area (Å²) >= 11 is 0. The molecule has 1 aliphatic heterocycles. The van der Waals surface area contributed by atoms with Gasteiger partial charge in [-0.15, -0.1) is 0 Å². The number of carbonyl (C=O) groups excluding carboxylic acids is 1. The average Bonchev–Trinajstić information content (AvgIpc) is 3.46. The van der Waals surface area contributed by atoms with Crippen LogP contribution in [-0.2, 0) is 24.1 Å². The predicted octanol–water partition coefficient (Wildman–Crippen LogP) is 6.38. The number of piperidine rings is 1. The Morgan fingerprint density at radius 3 is 2.33 bits per heavy atom. The third-order valence-electron chi connectivity index (χ3n) is 10.7. The largest absolute Gasteiger partial charge is 0.480 e. The summed E-state index contributed by atoms with van der Waals surface area (Å²) in [5.74, 6) is -0.552. The summed E-state index contributed by atoms with van der Waals surface area (Å²) < 4.78 is 13.0. The molecule has 2 fully saturated rings. The topological polar surface area (TPSA) is 135 Å². The van der Waals surface area contributed by atoms with Gasteiger partial charge in [0.2, 0.25) is 0 Å². The molecular formula is C39H45FN4O5. The van der Waals surface area contributed by atoms with Crippen LogP contribution in [0.25, 0.3) is 10.9 Å². The maximum atomic E-state index is 13.0. The predicted molar refractivity (Wildman–Crippen MR) is 188 cm³/mol. The van der Waals surface area contributed by atoms with Crippen LogP contribution in [-0.4, -0.2) is 70.7 Å². The Labute approximate surface area is 285 Å². The fourth-order valence-corrected chi connectivity index (χ4v) is 7.87. The number of H-pyrrole nitrogens is 1.